The highest BCUT2D eigenvalue weighted by Gasteiger charge is 2.12. The van der Waals surface area contributed by atoms with Gasteiger partial charge in [-0.15, -0.1) is 0 Å². The Bertz CT molecular complexity index is 634. The molecule has 0 aliphatic heterocycles. The van der Waals surface area contributed by atoms with Gasteiger partial charge in [0.2, 0.25) is 0 Å². The molecule has 1 heterocycles. The monoisotopic (exact) mass is 304 g/mol. The Labute approximate surface area is 130 Å². The fourth-order valence-corrected chi connectivity index (χ4v) is 2.45. The summed E-state index contributed by atoms with van der Waals surface area (Å²) in [5.41, 5.74) is 1.86. The Morgan fingerprint density at radius 3 is 2.68 bits per heavy atom. The van der Waals surface area contributed by atoms with Crippen LogP contribution in [-0.2, 0) is 6.54 Å². The Morgan fingerprint density at radius 2 is 2.00 bits per heavy atom. The van der Waals surface area contributed by atoms with Crippen molar-refractivity contribution in [2.45, 2.75) is 39.8 Å². The molecular weight excluding hydrogens is 280 g/mol. The number of aryl methyl sites for hydroxylation is 1. The van der Waals surface area contributed by atoms with Gasteiger partial charge < -0.3 is 20.2 Å². The lowest BCUT2D eigenvalue weighted by molar-refractivity contribution is 0.146. The van der Waals surface area contributed by atoms with E-state index in [9.17, 15) is 9.90 Å². The van der Waals surface area contributed by atoms with Gasteiger partial charge in [-0.05, 0) is 25.3 Å². The number of nitrogens with one attached hydrogen (secondary N) is 2. The molecule has 2 amide bonds. The van der Waals surface area contributed by atoms with Crippen molar-refractivity contribution in [1.29, 1.82) is 0 Å². The first-order valence-corrected chi connectivity index (χ1v) is 7.64. The van der Waals surface area contributed by atoms with Crippen LogP contribution in [0.3, 0.4) is 0 Å². The average Bonchev–Trinajstić information content (AvgIpc) is 2.79. The highest BCUT2D eigenvalue weighted by molar-refractivity contribution is 5.82. The highest BCUT2D eigenvalue weighted by Crippen LogP contribution is 2.24. The van der Waals surface area contributed by atoms with E-state index in [1.165, 1.54) is 0 Å². The summed E-state index contributed by atoms with van der Waals surface area (Å²) in [6, 6.07) is 7.49. The molecule has 1 aromatic heterocycles. The first-order chi connectivity index (χ1) is 10.5. The Kier molecular flexibility index (Phi) is 5.44. The van der Waals surface area contributed by atoms with Gasteiger partial charge in [0.15, 0.2) is 0 Å². The molecule has 0 radical (unpaired) electrons. The van der Waals surface area contributed by atoms with Gasteiger partial charge in [0, 0.05) is 17.5 Å². The number of aliphatic hydroxyl groups excluding tert-OH is 1. The number of benzene rings is 1. The number of hydrogen-bond donors (Lipinski definition) is 3. The van der Waals surface area contributed by atoms with Crippen LogP contribution in [0.25, 0.3) is 11.0 Å². The van der Waals surface area contributed by atoms with Gasteiger partial charge in [-0.1, -0.05) is 32.0 Å². The van der Waals surface area contributed by atoms with Crippen LogP contribution in [0.15, 0.2) is 28.7 Å². The molecule has 1 unspecified atom stereocenters. The third-order valence-electron chi connectivity index (χ3n) is 3.59. The van der Waals surface area contributed by atoms with Gasteiger partial charge in [-0.3, -0.25) is 0 Å². The minimum absolute atomic E-state index is 0.253. The summed E-state index contributed by atoms with van der Waals surface area (Å²) in [5, 5.41) is 16.2. The molecule has 2 aromatic rings. The molecule has 3 N–H and O–H groups in total. The van der Waals surface area contributed by atoms with Crippen LogP contribution < -0.4 is 10.6 Å². The average molecular weight is 304 g/mol. The summed E-state index contributed by atoms with van der Waals surface area (Å²) in [5.74, 6) is 1.15. The number of urea groups is 1. The van der Waals surface area contributed by atoms with Crippen LogP contribution in [0.2, 0.25) is 0 Å². The van der Waals surface area contributed by atoms with Gasteiger partial charge >= 0.3 is 6.03 Å². The molecule has 0 spiro atoms. The van der Waals surface area contributed by atoms with E-state index in [2.05, 4.69) is 10.6 Å². The van der Waals surface area contributed by atoms with Crippen molar-refractivity contribution in [1.82, 2.24) is 10.6 Å². The molecule has 0 saturated heterocycles. The van der Waals surface area contributed by atoms with E-state index in [1.807, 2.05) is 45.0 Å². The lowest BCUT2D eigenvalue weighted by atomic mass is 10.1. The Balaban J connectivity index is 1.84. The van der Waals surface area contributed by atoms with Crippen LogP contribution in [0.1, 0.15) is 31.6 Å². The molecule has 5 nitrogen and oxygen atoms in total. The molecule has 0 fully saturated rings. The summed E-state index contributed by atoms with van der Waals surface area (Å²) in [4.78, 5) is 11.8. The van der Waals surface area contributed by atoms with Crippen molar-refractivity contribution in [2.24, 2.45) is 5.92 Å². The molecule has 1 aromatic carbocycles. The van der Waals surface area contributed by atoms with E-state index in [0.717, 1.165) is 22.3 Å². The first kappa shape index (κ1) is 16.4. The molecule has 0 bridgehead atoms. The van der Waals surface area contributed by atoms with Crippen molar-refractivity contribution in [2.75, 3.05) is 6.54 Å². The van der Waals surface area contributed by atoms with E-state index in [1.54, 1.807) is 0 Å². The van der Waals surface area contributed by atoms with Crippen molar-refractivity contribution in [3.8, 4) is 0 Å². The molecule has 2 rings (SSSR count). The second kappa shape index (κ2) is 7.31. The lowest BCUT2D eigenvalue weighted by Gasteiger charge is -2.14. The predicted molar refractivity (Wildman–Crippen MR) is 86.7 cm³/mol. The van der Waals surface area contributed by atoms with Gasteiger partial charge in [0.25, 0.3) is 0 Å². The molecule has 5 heteroatoms. The molecule has 0 aliphatic carbocycles. The number of amides is 2. The van der Waals surface area contributed by atoms with Gasteiger partial charge in [0.05, 0.1) is 12.6 Å². The lowest BCUT2D eigenvalue weighted by Crippen LogP contribution is -2.39. The predicted octanol–water partition coefficient (Wildman–Crippen LogP) is 2.95. The Hall–Kier alpha value is -2.01. The van der Waals surface area contributed by atoms with Crippen LogP contribution >= 0.6 is 0 Å². The summed E-state index contributed by atoms with van der Waals surface area (Å²) in [6.07, 6.45) is 0.154. The number of furan rings is 1. The fraction of sp³-hybridized carbons (Fsp3) is 0.471. The van der Waals surface area contributed by atoms with Crippen molar-refractivity contribution in [3.63, 3.8) is 0 Å². The zero-order valence-corrected chi connectivity index (χ0v) is 13.3. The quantitative estimate of drug-likeness (QED) is 0.768. The topological polar surface area (TPSA) is 74.5 Å². The van der Waals surface area contributed by atoms with Crippen LogP contribution in [0.4, 0.5) is 4.79 Å². The standard InChI is InChI=1S/C17H24N2O3/c1-11(2)8-13(20)9-18-17(21)19-10-16-12(3)14-6-4-5-7-15(14)22-16/h4-7,11,13,20H,8-10H2,1-3H3,(H2,18,19,21). The number of carbonyl (C=O) groups excluding carboxylic acids is 1. The first-order valence-electron chi connectivity index (χ1n) is 7.64. The van der Waals surface area contributed by atoms with Gasteiger partial charge in [0.1, 0.15) is 11.3 Å². The highest BCUT2D eigenvalue weighted by atomic mass is 16.3. The maximum Gasteiger partial charge on any atom is 0.315 e. The fourth-order valence-electron chi connectivity index (χ4n) is 2.45. The third kappa shape index (κ3) is 4.24. The van der Waals surface area contributed by atoms with E-state index in [-0.39, 0.29) is 12.6 Å². The number of rotatable bonds is 6. The Morgan fingerprint density at radius 1 is 1.27 bits per heavy atom. The maximum atomic E-state index is 11.8. The molecular formula is C17H24N2O3. The molecule has 120 valence electrons. The molecule has 0 aliphatic rings. The summed E-state index contributed by atoms with van der Waals surface area (Å²) >= 11 is 0. The smallest absolute Gasteiger partial charge is 0.315 e. The maximum absolute atomic E-state index is 11.8. The van der Waals surface area contributed by atoms with Crippen LogP contribution in [0.5, 0.6) is 0 Å². The van der Waals surface area contributed by atoms with E-state index < -0.39 is 6.10 Å². The molecule has 22 heavy (non-hydrogen) atoms. The largest absolute Gasteiger partial charge is 0.459 e. The molecule has 1 atom stereocenters. The number of carbonyl (C=O) groups is 1. The zero-order chi connectivity index (χ0) is 16.1. The minimum Gasteiger partial charge on any atom is -0.459 e. The van der Waals surface area contributed by atoms with Crippen molar-refractivity contribution >= 4 is 17.0 Å². The van der Waals surface area contributed by atoms with Crippen molar-refractivity contribution < 1.29 is 14.3 Å². The molecule has 0 saturated carbocycles. The summed E-state index contributed by atoms with van der Waals surface area (Å²) < 4.78 is 5.74. The van der Waals surface area contributed by atoms with Crippen LogP contribution in [-0.4, -0.2) is 23.8 Å². The second-order valence-electron chi connectivity index (χ2n) is 5.99. The van der Waals surface area contributed by atoms with Crippen LogP contribution in [0, 0.1) is 12.8 Å². The number of hydrogen-bond acceptors (Lipinski definition) is 3. The number of aliphatic hydroxyl groups is 1. The zero-order valence-electron chi connectivity index (χ0n) is 13.3. The normalized spacial score (nSPS) is 12.6. The van der Waals surface area contributed by atoms with E-state index in [4.69, 9.17) is 4.42 Å². The van der Waals surface area contributed by atoms with E-state index >= 15 is 0 Å². The van der Waals surface area contributed by atoms with Gasteiger partial charge in [-0.2, -0.15) is 0 Å². The summed E-state index contributed by atoms with van der Waals surface area (Å²) in [6.45, 7) is 6.63. The number of fused-ring (bicyclic) bond motifs is 1. The third-order valence-corrected chi connectivity index (χ3v) is 3.59. The van der Waals surface area contributed by atoms with Gasteiger partial charge in [-0.25, -0.2) is 4.79 Å². The second-order valence-corrected chi connectivity index (χ2v) is 5.99. The summed E-state index contributed by atoms with van der Waals surface area (Å²) in [7, 11) is 0. The SMILES string of the molecule is Cc1c(CNC(=O)NCC(O)CC(C)C)oc2ccccc12. The minimum atomic E-state index is -0.515. The number of para-hydroxylation sites is 1. The van der Waals surface area contributed by atoms with Crippen molar-refractivity contribution in [3.05, 3.63) is 35.6 Å². The van der Waals surface area contributed by atoms with E-state index in [0.29, 0.717) is 18.9 Å².